The van der Waals surface area contributed by atoms with Gasteiger partial charge in [-0.05, 0) is 54.1 Å². The molecule has 0 radical (unpaired) electrons. The summed E-state index contributed by atoms with van der Waals surface area (Å²) < 4.78 is 5.55. The number of rotatable bonds is 3. The van der Waals surface area contributed by atoms with Crippen LogP contribution in [0.2, 0.25) is 10.0 Å². The third-order valence-electron chi connectivity index (χ3n) is 4.26. The molecule has 0 saturated carbocycles. The van der Waals surface area contributed by atoms with Gasteiger partial charge in [0.1, 0.15) is 11.8 Å². The number of amides is 1. The third kappa shape index (κ3) is 3.26. The van der Waals surface area contributed by atoms with Gasteiger partial charge in [0.15, 0.2) is 0 Å². The van der Waals surface area contributed by atoms with E-state index in [1.54, 1.807) is 36.6 Å². The fourth-order valence-corrected chi connectivity index (χ4v) is 3.19. The van der Waals surface area contributed by atoms with Crippen LogP contribution in [0, 0.1) is 0 Å². The molecule has 2 aromatic carbocycles. The summed E-state index contributed by atoms with van der Waals surface area (Å²) in [5, 5.41) is 7.30. The number of nitrogens with zero attached hydrogens (tertiary/aromatic N) is 2. The van der Waals surface area contributed by atoms with E-state index in [0.717, 1.165) is 11.3 Å². The van der Waals surface area contributed by atoms with Crippen molar-refractivity contribution in [2.45, 2.75) is 12.5 Å². The molecule has 0 aliphatic carbocycles. The van der Waals surface area contributed by atoms with Crippen molar-refractivity contribution in [1.29, 1.82) is 0 Å². The summed E-state index contributed by atoms with van der Waals surface area (Å²) in [5.41, 5.74) is 2.26. The summed E-state index contributed by atoms with van der Waals surface area (Å²) in [7, 11) is 0. The van der Waals surface area contributed by atoms with Gasteiger partial charge in [-0.2, -0.15) is 5.10 Å². The number of hydrazone groups is 1. The minimum atomic E-state index is -0.293. The van der Waals surface area contributed by atoms with Gasteiger partial charge in [-0.3, -0.25) is 4.79 Å². The third-order valence-corrected chi connectivity index (χ3v) is 4.76. The van der Waals surface area contributed by atoms with E-state index in [9.17, 15) is 4.79 Å². The van der Waals surface area contributed by atoms with Crippen LogP contribution in [0.1, 0.15) is 34.1 Å². The van der Waals surface area contributed by atoms with Crippen molar-refractivity contribution >= 4 is 34.8 Å². The number of benzene rings is 2. The van der Waals surface area contributed by atoms with Gasteiger partial charge < -0.3 is 4.42 Å². The van der Waals surface area contributed by atoms with E-state index < -0.39 is 0 Å². The molecule has 4 rings (SSSR count). The van der Waals surface area contributed by atoms with Crippen molar-refractivity contribution in [3.05, 3.63) is 93.9 Å². The molecule has 1 aliphatic heterocycles. The summed E-state index contributed by atoms with van der Waals surface area (Å²) in [6.45, 7) is 0. The maximum absolute atomic E-state index is 13.0. The lowest BCUT2D eigenvalue weighted by Crippen LogP contribution is -2.26. The molecule has 130 valence electrons. The van der Waals surface area contributed by atoms with Crippen LogP contribution in [0.25, 0.3) is 0 Å². The Morgan fingerprint density at radius 3 is 2.27 bits per heavy atom. The zero-order valence-electron chi connectivity index (χ0n) is 13.6. The number of carbonyl (C=O) groups is 1. The molecule has 0 fully saturated rings. The second-order valence-electron chi connectivity index (χ2n) is 5.95. The highest BCUT2D eigenvalue weighted by molar-refractivity contribution is 6.31. The SMILES string of the molecule is O=C(c1ccc(Cl)cc1)N1N=C(c2ccc(Cl)cc2)C[C@H]1c1ccco1. The first kappa shape index (κ1) is 16.9. The summed E-state index contributed by atoms with van der Waals surface area (Å²) in [4.78, 5) is 13.0. The summed E-state index contributed by atoms with van der Waals surface area (Å²) in [5.74, 6) is 0.493. The summed E-state index contributed by atoms with van der Waals surface area (Å²) in [6.07, 6.45) is 2.16. The zero-order chi connectivity index (χ0) is 18.1. The second-order valence-corrected chi connectivity index (χ2v) is 6.82. The maximum Gasteiger partial charge on any atom is 0.274 e. The van der Waals surface area contributed by atoms with Crippen LogP contribution in [-0.4, -0.2) is 16.6 Å². The Bertz CT molecular complexity index is 948. The van der Waals surface area contributed by atoms with E-state index in [1.807, 2.05) is 30.3 Å². The number of halogens is 2. The van der Waals surface area contributed by atoms with Crippen LogP contribution < -0.4 is 0 Å². The van der Waals surface area contributed by atoms with Crippen molar-refractivity contribution in [1.82, 2.24) is 5.01 Å². The Morgan fingerprint density at radius 2 is 1.65 bits per heavy atom. The molecule has 1 amide bonds. The number of hydrogen-bond donors (Lipinski definition) is 0. The Kier molecular flexibility index (Phi) is 4.53. The minimum absolute atomic E-state index is 0.202. The van der Waals surface area contributed by atoms with Crippen molar-refractivity contribution in [2.75, 3.05) is 0 Å². The highest BCUT2D eigenvalue weighted by Crippen LogP contribution is 2.34. The molecule has 1 aliphatic rings. The van der Waals surface area contributed by atoms with Gasteiger partial charge in [-0.15, -0.1) is 0 Å². The van der Waals surface area contributed by atoms with Gasteiger partial charge in [-0.25, -0.2) is 5.01 Å². The van der Waals surface area contributed by atoms with E-state index >= 15 is 0 Å². The van der Waals surface area contributed by atoms with Crippen LogP contribution in [0.4, 0.5) is 0 Å². The van der Waals surface area contributed by atoms with E-state index in [-0.39, 0.29) is 11.9 Å². The van der Waals surface area contributed by atoms with E-state index in [2.05, 4.69) is 5.10 Å². The van der Waals surface area contributed by atoms with Crippen LogP contribution in [0.3, 0.4) is 0 Å². The van der Waals surface area contributed by atoms with Gasteiger partial charge in [0, 0.05) is 22.0 Å². The molecule has 6 heteroatoms. The van der Waals surface area contributed by atoms with Crippen molar-refractivity contribution in [3.63, 3.8) is 0 Å². The highest BCUT2D eigenvalue weighted by atomic mass is 35.5. The molecule has 2 heterocycles. The summed E-state index contributed by atoms with van der Waals surface area (Å²) >= 11 is 11.9. The predicted molar refractivity (Wildman–Crippen MR) is 102 cm³/mol. The van der Waals surface area contributed by atoms with Gasteiger partial charge in [0.05, 0.1) is 12.0 Å². The molecule has 0 N–H and O–H groups in total. The first-order valence-electron chi connectivity index (χ1n) is 8.08. The Morgan fingerprint density at radius 1 is 1.00 bits per heavy atom. The number of furan rings is 1. The Balaban J connectivity index is 1.70. The monoisotopic (exact) mass is 384 g/mol. The number of hydrogen-bond acceptors (Lipinski definition) is 3. The molecule has 3 aromatic rings. The lowest BCUT2D eigenvalue weighted by molar-refractivity contribution is 0.0693. The average molecular weight is 385 g/mol. The Hall–Kier alpha value is -2.56. The van der Waals surface area contributed by atoms with E-state index in [1.165, 1.54) is 5.01 Å². The van der Waals surface area contributed by atoms with Crippen molar-refractivity contribution in [3.8, 4) is 0 Å². The van der Waals surface area contributed by atoms with Crippen LogP contribution in [0.15, 0.2) is 76.4 Å². The molecule has 0 unspecified atom stereocenters. The molecular weight excluding hydrogens is 371 g/mol. The van der Waals surface area contributed by atoms with Gasteiger partial charge in [0.25, 0.3) is 5.91 Å². The first-order chi connectivity index (χ1) is 12.6. The zero-order valence-corrected chi connectivity index (χ0v) is 15.1. The predicted octanol–water partition coefficient (Wildman–Crippen LogP) is 5.58. The smallest absolute Gasteiger partial charge is 0.274 e. The number of carbonyl (C=O) groups excluding carboxylic acids is 1. The molecule has 4 nitrogen and oxygen atoms in total. The van der Waals surface area contributed by atoms with Crippen LogP contribution in [0.5, 0.6) is 0 Å². The van der Waals surface area contributed by atoms with Crippen molar-refractivity contribution in [2.24, 2.45) is 5.10 Å². The summed E-state index contributed by atoms with van der Waals surface area (Å²) in [6, 6.07) is 17.6. The van der Waals surface area contributed by atoms with Crippen LogP contribution in [-0.2, 0) is 0 Å². The first-order valence-corrected chi connectivity index (χ1v) is 8.83. The molecular formula is C20H14Cl2N2O2. The molecule has 0 bridgehead atoms. The lowest BCUT2D eigenvalue weighted by Gasteiger charge is -2.19. The fourth-order valence-electron chi connectivity index (χ4n) is 2.94. The molecule has 1 aromatic heterocycles. The fraction of sp³-hybridized carbons (Fsp3) is 0.100. The molecule has 26 heavy (non-hydrogen) atoms. The van der Waals surface area contributed by atoms with E-state index in [4.69, 9.17) is 27.6 Å². The normalized spacial score (nSPS) is 16.6. The topological polar surface area (TPSA) is 45.8 Å². The van der Waals surface area contributed by atoms with Gasteiger partial charge in [-0.1, -0.05) is 35.3 Å². The maximum atomic E-state index is 13.0. The van der Waals surface area contributed by atoms with Crippen molar-refractivity contribution < 1.29 is 9.21 Å². The average Bonchev–Trinajstić information content (AvgIpc) is 3.32. The van der Waals surface area contributed by atoms with Gasteiger partial charge in [0.2, 0.25) is 0 Å². The minimum Gasteiger partial charge on any atom is -0.467 e. The Labute approximate surface area is 160 Å². The molecule has 0 spiro atoms. The highest BCUT2D eigenvalue weighted by Gasteiger charge is 2.35. The standard InChI is InChI=1S/C20H14Cl2N2O2/c21-15-7-3-13(4-8-15)17-12-18(19-2-1-11-26-19)24(23-17)20(25)14-5-9-16(22)10-6-14/h1-11,18H,12H2/t18-/m0/s1. The quantitative estimate of drug-likeness (QED) is 0.591. The molecule has 0 saturated heterocycles. The van der Waals surface area contributed by atoms with E-state index in [0.29, 0.717) is 27.8 Å². The molecule has 1 atom stereocenters. The second kappa shape index (κ2) is 6.98. The lowest BCUT2D eigenvalue weighted by atomic mass is 10.0. The van der Waals surface area contributed by atoms with Gasteiger partial charge >= 0.3 is 0 Å². The largest absolute Gasteiger partial charge is 0.467 e. The van der Waals surface area contributed by atoms with Crippen LogP contribution >= 0.6 is 23.2 Å².